The van der Waals surface area contributed by atoms with E-state index >= 15 is 0 Å². The van der Waals surface area contributed by atoms with Crippen LogP contribution in [0.3, 0.4) is 0 Å². The molecular weight excluding hydrogens is 314 g/mol. The minimum atomic E-state index is 0. The third kappa shape index (κ3) is 3.97. The lowest BCUT2D eigenvalue weighted by Gasteiger charge is -1.96. The maximum Gasteiger partial charge on any atom is 0.116 e. The van der Waals surface area contributed by atoms with Crippen molar-refractivity contribution in [3.8, 4) is 17.0 Å². The van der Waals surface area contributed by atoms with Gasteiger partial charge in [-0.25, -0.2) is 4.98 Å². The van der Waals surface area contributed by atoms with E-state index in [9.17, 15) is 5.11 Å². The number of aryl methyl sites for hydroxylation is 1. The highest BCUT2D eigenvalue weighted by Crippen LogP contribution is 2.23. The Hall–Kier alpha value is -2.10. The van der Waals surface area contributed by atoms with E-state index in [0.29, 0.717) is 0 Å². The molecule has 0 bridgehead atoms. The number of thiazole rings is 1. The van der Waals surface area contributed by atoms with E-state index in [1.165, 1.54) is 5.56 Å². The lowest BCUT2D eigenvalue weighted by molar-refractivity contribution is 0.475. The monoisotopic (exact) mass is 329 g/mol. The summed E-state index contributed by atoms with van der Waals surface area (Å²) in [6, 6.07) is 15.5. The molecule has 1 aromatic heterocycles. The van der Waals surface area contributed by atoms with Crippen molar-refractivity contribution in [3.63, 3.8) is 0 Å². The minimum Gasteiger partial charge on any atom is -0.508 e. The van der Waals surface area contributed by atoms with E-state index in [-0.39, 0.29) is 18.2 Å². The van der Waals surface area contributed by atoms with E-state index < -0.39 is 0 Å². The molecule has 0 radical (unpaired) electrons. The van der Waals surface area contributed by atoms with E-state index in [0.717, 1.165) is 21.8 Å². The number of rotatable bonds is 3. The van der Waals surface area contributed by atoms with E-state index in [2.05, 4.69) is 41.6 Å². The Kier molecular flexibility index (Phi) is 5.36. The smallest absolute Gasteiger partial charge is 0.116 e. The molecule has 2 nitrogen and oxygen atoms in total. The van der Waals surface area contributed by atoms with Crippen LogP contribution in [0.4, 0.5) is 0 Å². The van der Waals surface area contributed by atoms with Crippen LogP contribution in [0.2, 0.25) is 0 Å². The number of benzene rings is 2. The number of aromatic nitrogens is 1. The summed E-state index contributed by atoms with van der Waals surface area (Å²) in [6.45, 7) is 2.08. The Morgan fingerprint density at radius 2 is 1.82 bits per heavy atom. The molecular formula is C18H16ClNOS. The highest BCUT2D eigenvalue weighted by atomic mass is 35.5. The van der Waals surface area contributed by atoms with Crippen molar-refractivity contribution in [1.29, 1.82) is 0 Å². The fourth-order valence-corrected chi connectivity index (χ4v) is 2.74. The van der Waals surface area contributed by atoms with Crippen LogP contribution in [-0.4, -0.2) is 10.1 Å². The van der Waals surface area contributed by atoms with Gasteiger partial charge < -0.3 is 5.11 Å². The van der Waals surface area contributed by atoms with Crippen LogP contribution in [-0.2, 0) is 0 Å². The first kappa shape index (κ1) is 16.3. The standard InChI is InChI=1S/C18H15NOS.ClH/c1-13-5-8-15(9-6-13)17-12-21-18(19-17)10-7-14-3-2-4-16(20)11-14;/h2-12,20H,1H3;1H. The first-order valence-corrected chi connectivity index (χ1v) is 7.58. The van der Waals surface area contributed by atoms with Gasteiger partial charge in [-0.3, -0.25) is 0 Å². The highest BCUT2D eigenvalue weighted by molar-refractivity contribution is 7.10. The summed E-state index contributed by atoms with van der Waals surface area (Å²) < 4.78 is 0. The van der Waals surface area contributed by atoms with Crippen molar-refractivity contribution >= 4 is 35.9 Å². The van der Waals surface area contributed by atoms with Gasteiger partial charge in [0.2, 0.25) is 0 Å². The van der Waals surface area contributed by atoms with Crippen molar-refractivity contribution in [2.75, 3.05) is 0 Å². The van der Waals surface area contributed by atoms with Crippen LogP contribution < -0.4 is 0 Å². The normalized spacial score (nSPS) is 10.6. The van der Waals surface area contributed by atoms with Crippen LogP contribution in [0.15, 0.2) is 53.9 Å². The zero-order chi connectivity index (χ0) is 14.7. The molecule has 22 heavy (non-hydrogen) atoms. The fourth-order valence-electron chi connectivity index (χ4n) is 2.02. The van der Waals surface area contributed by atoms with Gasteiger partial charge in [0.1, 0.15) is 10.8 Å². The quantitative estimate of drug-likeness (QED) is 0.696. The molecule has 3 aromatic rings. The predicted molar refractivity (Wildman–Crippen MR) is 96.6 cm³/mol. The average molecular weight is 330 g/mol. The Balaban J connectivity index is 0.00000176. The molecule has 2 aromatic carbocycles. The average Bonchev–Trinajstić information content (AvgIpc) is 2.95. The number of hydrogen-bond acceptors (Lipinski definition) is 3. The molecule has 112 valence electrons. The zero-order valence-electron chi connectivity index (χ0n) is 12.1. The lowest BCUT2D eigenvalue weighted by Crippen LogP contribution is -1.79. The van der Waals surface area contributed by atoms with Crippen LogP contribution in [0.5, 0.6) is 5.75 Å². The second-order valence-electron chi connectivity index (χ2n) is 4.87. The minimum absolute atomic E-state index is 0. The highest BCUT2D eigenvalue weighted by Gasteiger charge is 2.02. The van der Waals surface area contributed by atoms with Gasteiger partial charge >= 0.3 is 0 Å². The van der Waals surface area contributed by atoms with E-state index in [4.69, 9.17) is 0 Å². The van der Waals surface area contributed by atoms with Gasteiger partial charge in [0.05, 0.1) is 5.69 Å². The number of phenolic OH excluding ortho intramolecular Hbond substituents is 1. The van der Waals surface area contributed by atoms with Crippen LogP contribution in [0, 0.1) is 6.92 Å². The number of phenols is 1. The molecule has 0 atom stereocenters. The number of hydrogen-bond donors (Lipinski definition) is 1. The predicted octanol–water partition coefficient (Wildman–Crippen LogP) is 5.42. The largest absolute Gasteiger partial charge is 0.508 e. The molecule has 0 aliphatic rings. The Bertz CT molecular complexity index is 778. The molecule has 0 unspecified atom stereocenters. The van der Waals surface area contributed by atoms with Gasteiger partial charge in [-0.1, -0.05) is 48.0 Å². The summed E-state index contributed by atoms with van der Waals surface area (Å²) in [7, 11) is 0. The first-order chi connectivity index (χ1) is 10.2. The first-order valence-electron chi connectivity index (χ1n) is 6.70. The molecule has 0 aliphatic heterocycles. The SMILES string of the molecule is Cc1ccc(-c2csc(C=Cc3cccc(O)c3)n2)cc1.Cl. The molecule has 4 heteroatoms. The van der Waals surface area contributed by atoms with Crippen molar-refractivity contribution < 1.29 is 5.11 Å². The molecule has 1 N–H and O–H groups in total. The van der Waals surface area contributed by atoms with Crippen LogP contribution in [0.1, 0.15) is 16.1 Å². The second-order valence-corrected chi connectivity index (χ2v) is 5.76. The third-order valence-electron chi connectivity index (χ3n) is 3.16. The van der Waals surface area contributed by atoms with E-state index in [1.54, 1.807) is 23.5 Å². The number of halogens is 1. The van der Waals surface area contributed by atoms with Crippen molar-refractivity contribution in [2.24, 2.45) is 0 Å². The van der Waals surface area contributed by atoms with Gasteiger partial charge in [0.15, 0.2) is 0 Å². The summed E-state index contributed by atoms with van der Waals surface area (Å²) in [5.74, 6) is 0.275. The molecule has 0 saturated heterocycles. The van der Waals surface area contributed by atoms with Gasteiger partial charge in [-0.15, -0.1) is 23.7 Å². The maximum atomic E-state index is 9.44. The fraction of sp³-hybridized carbons (Fsp3) is 0.0556. The second kappa shape index (κ2) is 7.25. The molecule has 3 rings (SSSR count). The van der Waals surface area contributed by atoms with E-state index in [1.807, 2.05) is 24.3 Å². The molecule has 0 saturated carbocycles. The van der Waals surface area contributed by atoms with Crippen molar-refractivity contribution in [3.05, 3.63) is 70.0 Å². The van der Waals surface area contributed by atoms with Gasteiger partial charge in [-0.05, 0) is 30.7 Å². The summed E-state index contributed by atoms with van der Waals surface area (Å²) in [5.41, 5.74) is 4.34. The van der Waals surface area contributed by atoms with Crippen LogP contribution >= 0.6 is 23.7 Å². The Morgan fingerprint density at radius 1 is 1.05 bits per heavy atom. The molecule has 0 aliphatic carbocycles. The summed E-state index contributed by atoms with van der Waals surface area (Å²) in [6.07, 6.45) is 3.93. The van der Waals surface area contributed by atoms with Crippen LogP contribution in [0.25, 0.3) is 23.4 Å². The Morgan fingerprint density at radius 3 is 2.55 bits per heavy atom. The zero-order valence-corrected chi connectivity index (χ0v) is 13.7. The Labute approximate surface area is 140 Å². The molecule has 0 amide bonds. The summed E-state index contributed by atoms with van der Waals surface area (Å²) in [5, 5.41) is 12.5. The lowest BCUT2D eigenvalue weighted by atomic mass is 10.1. The number of nitrogens with zero attached hydrogens (tertiary/aromatic N) is 1. The maximum absolute atomic E-state index is 9.44. The van der Waals surface area contributed by atoms with Gasteiger partial charge in [0.25, 0.3) is 0 Å². The molecule has 0 fully saturated rings. The van der Waals surface area contributed by atoms with Gasteiger partial charge in [-0.2, -0.15) is 0 Å². The third-order valence-corrected chi connectivity index (χ3v) is 3.97. The summed E-state index contributed by atoms with van der Waals surface area (Å²) >= 11 is 1.61. The van der Waals surface area contributed by atoms with Gasteiger partial charge in [0, 0.05) is 10.9 Å². The topological polar surface area (TPSA) is 33.1 Å². The molecule has 0 spiro atoms. The van der Waals surface area contributed by atoms with Crippen molar-refractivity contribution in [1.82, 2.24) is 4.98 Å². The number of aromatic hydroxyl groups is 1. The van der Waals surface area contributed by atoms with Crippen molar-refractivity contribution in [2.45, 2.75) is 6.92 Å². The summed E-state index contributed by atoms with van der Waals surface area (Å²) in [4.78, 5) is 4.62. The molecule has 1 heterocycles.